The Hall–Kier alpha value is -10.6. The third-order valence-electron chi connectivity index (χ3n) is 14.0. The maximum Gasteiger partial charge on any atom is 0.338 e. The number of carbonyl (C=O) groups excluding carboxylic acids is 11. The van der Waals surface area contributed by atoms with E-state index in [1.54, 1.807) is 79.7 Å². The Morgan fingerprint density at radius 2 is 0.842 bits per heavy atom. The lowest BCUT2D eigenvalue weighted by Crippen LogP contribution is -2.34. The molecule has 0 spiro atoms. The summed E-state index contributed by atoms with van der Waals surface area (Å²) in [6.45, 7) is 1.16. The lowest BCUT2D eigenvalue weighted by atomic mass is 9.97. The van der Waals surface area contributed by atoms with Crippen molar-refractivity contribution in [2.75, 3.05) is 34.9 Å². The first-order valence-electron chi connectivity index (χ1n) is 23.7. The number of hydrogen-bond donors (Lipinski definition) is 0. The highest BCUT2D eigenvalue weighted by molar-refractivity contribution is 6.38. The fourth-order valence-corrected chi connectivity index (χ4v) is 10.1. The van der Waals surface area contributed by atoms with Gasteiger partial charge in [0.2, 0.25) is 0 Å². The molecule has 5 aliphatic rings. The second-order valence-corrected chi connectivity index (χ2v) is 18.5. The van der Waals surface area contributed by atoms with Crippen molar-refractivity contribution in [3.63, 3.8) is 0 Å². The number of benzene rings is 7. The van der Waals surface area contributed by atoms with Gasteiger partial charge in [0, 0.05) is 13.1 Å². The van der Waals surface area contributed by atoms with Gasteiger partial charge in [-0.2, -0.15) is 0 Å². The number of ether oxygens (including phenoxy) is 1. The van der Waals surface area contributed by atoms with Gasteiger partial charge in [0.1, 0.15) is 6.61 Å². The number of nitrogens with zero attached hydrogens (tertiary/aromatic N) is 5. The normalized spacial score (nSPS) is 15.6. The lowest BCUT2D eigenvalue weighted by Gasteiger charge is -2.18. The quantitative estimate of drug-likeness (QED) is 0.0959. The predicted molar refractivity (Wildman–Crippen MR) is 273 cm³/mol. The summed E-state index contributed by atoms with van der Waals surface area (Å²) in [6, 6.07) is 37.6. The topological polar surface area (TPSA) is 213 Å². The highest BCUT2D eigenvalue weighted by Gasteiger charge is 2.42. The maximum absolute atomic E-state index is 14.2. The van der Waals surface area contributed by atoms with Crippen molar-refractivity contribution in [1.82, 2.24) is 9.80 Å². The van der Waals surface area contributed by atoms with Crippen LogP contribution in [0.1, 0.15) is 104 Å². The summed E-state index contributed by atoms with van der Waals surface area (Å²) in [7, 11) is 1.39. The van der Waals surface area contributed by atoms with Crippen LogP contribution in [-0.2, 0) is 14.3 Å². The van der Waals surface area contributed by atoms with Crippen LogP contribution >= 0.6 is 0 Å². The molecule has 76 heavy (non-hydrogen) atoms. The van der Waals surface area contributed by atoms with E-state index >= 15 is 0 Å². The summed E-state index contributed by atoms with van der Waals surface area (Å²) in [5, 5.41) is 0. The highest BCUT2D eigenvalue weighted by atomic mass is 16.5. The van der Waals surface area contributed by atoms with Gasteiger partial charge >= 0.3 is 5.97 Å². The molecule has 10 amide bonds. The fourth-order valence-electron chi connectivity index (χ4n) is 10.1. The molecule has 0 saturated carbocycles. The molecule has 0 saturated heterocycles. The Morgan fingerprint density at radius 3 is 1.34 bits per heavy atom. The molecule has 0 bridgehead atoms. The Balaban J connectivity index is 0.739. The minimum absolute atomic E-state index is 0.0209. The zero-order chi connectivity index (χ0) is 53.0. The van der Waals surface area contributed by atoms with Gasteiger partial charge in [-0.3, -0.25) is 57.7 Å². The molecular formula is C59H35N5O12. The lowest BCUT2D eigenvalue weighted by molar-refractivity contribution is -0.137. The van der Waals surface area contributed by atoms with Crippen molar-refractivity contribution in [3.05, 3.63) is 213 Å². The zero-order valence-corrected chi connectivity index (χ0v) is 40.0. The Labute approximate surface area is 430 Å². The summed E-state index contributed by atoms with van der Waals surface area (Å²) < 4.78 is 5.45. The number of esters is 1. The van der Waals surface area contributed by atoms with Crippen molar-refractivity contribution < 1.29 is 57.5 Å². The molecule has 0 unspecified atom stereocenters. The molecule has 17 nitrogen and oxygen atoms in total. The van der Waals surface area contributed by atoms with Crippen molar-refractivity contribution in [3.8, 4) is 22.3 Å². The van der Waals surface area contributed by atoms with E-state index < -0.39 is 65.0 Å². The number of anilines is 3. The molecule has 368 valence electrons. The molecule has 0 N–H and O–H groups in total. The van der Waals surface area contributed by atoms with Gasteiger partial charge in [0.25, 0.3) is 59.1 Å². The summed E-state index contributed by atoms with van der Waals surface area (Å²) >= 11 is 0. The fraction of sp³-hybridized carbons (Fsp3) is 0.0678. The first-order chi connectivity index (χ1) is 36.6. The SMILES string of the molecule is Cc1cc(C(=O)OCCN2C(=O)C=C(c3ccccc3)C2=O)cc(N2C(=O)c3ccc(-c4ccc5c(c4)C(=O)N(c4cccc(N6C(=O)c7ccc(-c8ccc9c(c8)C(=O)N(C)C9=O)cc7C6=O)c4)C5=O)cc3C2=O)c1. The molecule has 0 radical (unpaired) electrons. The summed E-state index contributed by atoms with van der Waals surface area (Å²) in [4.78, 5) is 153. The molecule has 7 aromatic carbocycles. The van der Waals surface area contributed by atoms with Crippen molar-refractivity contribution in [2.45, 2.75) is 6.92 Å². The van der Waals surface area contributed by atoms with E-state index in [0.29, 0.717) is 33.4 Å². The zero-order valence-electron chi connectivity index (χ0n) is 40.0. The van der Waals surface area contributed by atoms with Crippen LogP contribution in [0.15, 0.2) is 152 Å². The molecule has 0 aromatic heterocycles. The number of rotatable bonds is 10. The monoisotopic (exact) mass is 1010 g/mol. The van der Waals surface area contributed by atoms with Crippen LogP contribution in [0.25, 0.3) is 27.8 Å². The Kier molecular flexibility index (Phi) is 10.6. The number of amides is 10. The van der Waals surface area contributed by atoms with Crippen molar-refractivity contribution >= 4 is 87.7 Å². The van der Waals surface area contributed by atoms with E-state index in [9.17, 15) is 52.7 Å². The number of aryl methyl sites for hydroxylation is 1. The molecule has 5 aliphatic heterocycles. The minimum Gasteiger partial charge on any atom is -0.460 e. The van der Waals surface area contributed by atoms with E-state index in [-0.39, 0.29) is 85.9 Å². The third-order valence-corrected chi connectivity index (χ3v) is 14.0. The van der Waals surface area contributed by atoms with Crippen LogP contribution in [0.3, 0.4) is 0 Å². The second kappa shape index (κ2) is 17.3. The van der Waals surface area contributed by atoms with E-state index in [1.165, 1.54) is 85.9 Å². The summed E-state index contributed by atoms with van der Waals surface area (Å²) in [6.07, 6.45) is 1.24. The van der Waals surface area contributed by atoms with Crippen LogP contribution < -0.4 is 14.7 Å². The average Bonchev–Trinajstić information content (AvgIpc) is 4.21. The first kappa shape index (κ1) is 46.5. The smallest absolute Gasteiger partial charge is 0.338 e. The highest BCUT2D eigenvalue weighted by Crippen LogP contribution is 2.39. The number of carbonyl (C=O) groups is 11. The van der Waals surface area contributed by atoms with Gasteiger partial charge in [-0.15, -0.1) is 0 Å². The summed E-state index contributed by atoms with van der Waals surface area (Å²) in [5.41, 5.74) is 4.58. The molecule has 7 aromatic rings. The van der Waals surface area contributed by atoms with Gasteiger partial charge in [-0.25, -0.2) is 19.5 Å². The van der Waals surface area contributed by atoms with E-state index in [0.717, 1.165) is 24.5 Å². The van der Waals surface area contributed by atoms with E-state index in [1.807, 2.05) is 0 Å². The summed E-state index contributed by atoms with van der Waals surface area (Å²) in [5.74, 6) is -6.69. The van der Waals surface area contributed by atoms with Gasteiger partial charge in [0.05, 0.1) is 79.3 Å². The molecule has 17 heteroatoms. The third kappa shape index (κ3) is 7.20. The van der Waals surface area contributed by atoms with Crippen LogP contribution in [0.4, 0.5) is 17.1 Å². The van der Waals surface area contributed by atoms with E-state index in [2.05, 4.69) is 0 Å². The number of hydrogen-bond acceptors (Lipinski definition) is 12. The van der Waals surface area contributed by atoms with Crippen molar-refractivity contribution in [1.29, 1.82) is 0 Å². The van der Waals surface area contributed by atoms with Crippen LogP contribution in [0, 0.1) is 6.92 Å². The standard InChI is InChI=1S/C59H35N5O12/c1-30-21-36(59(75)76-20-19-61-49(65)29-44(52(61)68)31-7-4-3-5-8-31)23-39(22-30)64-55(71)43-18-14-35(27-48(43)58(64)74)34-13-17-42-47(26-34)57(73)63(54(42)70)38-10-6-9-37(28-38)62-53(69)41-16-12-33(25-46(41)56(62)72)32-11-15-40-45(24-32)51(67)60(2)50(40)66/h3-18,21-29H,19-20H2,1-2H3. The van der Waals surface area contributed by atoms with Crippen LogP contribution in [0.2, 0.25) is 0 Å². The Bertz CT molecular complexity index is 3990. The average molecular weight is 1010 g/mol. The predicted octanol–water partition coefficient (Wildman–Crippen LogP) is 7.57. The molecule has 0 atom stereocenters. The molecule has 5 heterocycles. The molecular weight excluding hydrogens is 971 g/mol. The van der Waals surface area contributed by atoms with Gasteiger partial charge in [0.15, 0.2) is 0 Å². The number of fused-ring (bicyclic) bond motifs is 4. The van der Waals surface area contributed by atoms with Crippen molar-refractivity contribution in [2.24, 2.45) is 0 Å². The Morgan fingerprint density at radius 1 is 0.408 bits per heavy atom. The van der Waals surface area contributed by atoms with Crippen LogP contribution in [0.5, 0.6) is 0 Å². The van der Waals surface area contributed by atoms with Crippen LogP contribution in [-0.4, -0.2) is 95.0 Å². The molecule has 0 aliphatic carbocycles. The first-order valence-corrected chi connectivity index (χ1v) is 23.7. The van der Waals surface area contributed by atoms with Gasteiger partial charge < -0.3 is 4.74 Å². The molecule has 12 rings (SSSR count). The van der Waals surface area contributed by atoms with Gasteiger partial charge in [-0.05, 0) is 125 Å². The van der Waals surface area contributed by atoms with Gasteiger partial charge in [-0.1, -0.05) is 60.7 Å². The largest absolute Gasteiger partial charge is 0.460 e. The second-order valence-electron chi connectivity index (χ2n) is 18.5. The maximum atomic E-state index is 14.2. The number of imide groups is 5. The molecule has 0 fully saturated rings. The minimum atomic E-state index is -0.810. The van der Waals surface area contributed by atoms with E-state index in [4.69, 9.17) is 4.74 Å².